The zero-order valence-electron chi connectivity index (χ0n) is 23.2. The molecule has 2 fully saturated rings. The number of amides is 2. The highest BCUT2D eigenvalue weighted by atomic mass is 19.1. The molecule has 0 saturated carbocycles. The van der Waals surface area contributed by atoms with Crippen molar-refractivity contribution in [2.75, 3.05) is 46.6 Å². The zero-order chi connectivity index (χ0) is 28.6. The van der Waals surface area contributed by atoms with Crippen LogP contribution in [-0.4, -0.2) is 74.3 Å². The molecule has 2 aromatic carbocycles. The van der Waals surface area contributed by atoms with E-state index < -0.39 is 17.8 Å². The van der Waals surface area contributed by atoms with Crippen LogP contribution in [0.2, 0.25) is 0 Å². The van der Waals surface area contributed by atoms with E-state index in [0.717, 1.165) is 31.5 Å². The lowest BCUT2D eigenvalue weighted by atomic mass is 10.0. The summed E-state index contributed by atoms with van der Waals surface area (Å²) in [5.41, 5.74) is 1.27. The molecule has 9 nitrogen and oxygen atoms in total. The third kappa shape index (κ3) is 7.52. The normalized spacial score (nSPS) is 18.1. The molecule has 2 aliphatic rings. The Morgan fingerprint density at radius 3 is 2.49 bits per heavy atom. The molecule has 0 unspecified atom stereocenters. The Balaban J connectivity index is 1.45. The van der Waals surface area contributed by atoms with Gasteiger partial charge < -0.3 is 28.8 Å². The summed E-state index contributed by atoms with van der Waals surface area (Å²) in [5, 5.41) is 2.97. The largest absolute Gasteiger partial charge is 0.497 e. The van der Waals surface area contributed by atoms with Crippen molar-refractivity contribution >= 4 is 11.8 Å². The van der Waals surface area contributed by atoms with Gasteiger partial charge in [0, 0.05) is 32.8 Å². The second kappa shape index (κ2) is 13.8. The van der Waals surface area contributed by atoms with Crippen LogP contribution in [0.25, 0.3) is 0 Å². The van der Waals surface area contributed by atoms with Gasteiger partial charge in [0.05, 0.1) is 33.0 Å². The molecule has 0 aliphatic carbocycles. The van der Waals surface area contributed by atoms with E-state index in [1.165, 1.54) is 29.2 Å². The van der Waals surface area contributed by atoms with Crippen molar-refractivity contribution < 1.29 is 32.6 Å². The minimum absolute atomic E-state index is 0.0774. The van der Waals surface area contributed by atoms with Gasteiger partial charge in [-0.1, -0.05) is 24.3 Å². The number of nitrogens with one attached hydrogen (secondary N) is 1. The van der Waals surface area contributed by atoms with Crippen LogP contribution in [0.4, 0.5) is 4.39 Å². The van der Waals surface area contributed by atoms with E-state index in [1.54, 1.807) is 31.4 Å². The van der Waals surface area contributed by atoms with Crippen molar-refractivity contribution in [2.24, 2.45) is 0 Å². The van der Waals surface area contributed by atoms with Crippen LogP contribution in [-0.2, 0) is 27.4 Å². The number of hydrogen-bond acceptors (Lipinski definition) is 7. The topological polar surface area (TPSA) is 93.5 Å². The summed E-state index contributed by atoms with van der Waals surface area (Å²) in [6.45, 7) is 4.53. The van der Waals surface area contributed by atoms with E-state index in [2.05, 4.69) is 10.2 Å². The molecular weight excluding hydrogens is 529 g/mol. The molecule has 2 amide bonds. The van der Waals surface area contributed by atoms with Crippen LogP contribution < -0.4 is 10.1 Å². The number of carbonyl (C=O) groups excluding carboxylic acids is 2. The van der Waals surface area contributed by atoms with Gasteiger partial charge in [-0.3, -0.25) is 14.5 Å². The van der Waals surface area contributed by atoms with Crippen LogP contribution in [0.5, 0.6) is 5.75 Å². The minimum Gasteiger partial charge on any atom is -0.497 e. The Hall–Kier alpha value is -3.73. The smallest absolute Gasteiger partial charge is 0.290 e. The van der Waals surface area contributed by atoms with Gasteiger partial charge in [0.25, 0.3) is 5.91 Å². The number of morpholine rings is 1. The van der Waals surface area contributed by atoms with Crippen LogP contribution in [0.15, 0.2) is 65.1 Å². The molecule has 0 bridgehead atoms. The molecule has 1 N–H and O–H groups in total. The van der Waals surface area contributed by atoms with Crippen LogP contribution >= 0.6 is 0 Å². The lowest BCUT2D eigenvalue weighted by molar-refractivity contribution is -0.126. The molecule has 2 atom stereocenters. The van der Waals surface area contributed by atoms with Gasteiger partial charge in [0.1, 0.15) is 23.4 Å². The molecule has 0 spiro atoms. The molecule has 3 heterocycles. The number of halogens is 1. The number of furan rings is 1. The molecule has 3 aromatic rings. The summed E-state index contributed by atoms with van der Waals surface area (Å²) in [4.78, 5) is 31.6. The van der Waals surface area contributed by atoms with Gasteiger partial charge in [-0.25, -0.2) is 4.39 Å². The number of methoxy groups -OCH3 is 1. The quantitative estimate of drug-likeness (QED) is 0.377. The number of carbonyl (C=O) groups is 2. The number of benzene rings is 2. The van der Waals surface area contributed by atoms with E-state index in [4.69, 9.17) is 18.6 Å². The van der Waals surface area contributed by atoms with E-state index in [-0.39, 0.29) is 24.3 Å². The van der Waals surface area contributed by atoms with Gasteiger partial charge in [0.15, 0.2) is 5.76 Å². The Bertz CT molecular complexity index is 1280. The lowest BCUT2D eigenvalue weighted by Gasteiger charge is -2.31. The second-order valence-corrected chi connectivity index (χ2v) is 10.3. The van der Waals surface area contributed by atoms with Crippen molar-refractivity contribution in [2.45, 2.75) is 38.1 Å². The van der Waals surface area contributed by atoms with Crippen LogP contribution in [0.1, 0.15) is 46.3 Å². The third-order valence-corrected chi connectivity index (χ3v) is 7.40. The predicted octanol–water partition coefficient (Wildman–Crippen LogP) is 3.94. The van der Waals surface area contributed by atoms with Crippen LogP contribution in [0.3, 0.4) is 0 Å². The summed E-state index contributed by atoms with van der Waals surface area (Å²) in [7, 11) is 1.58. The summed E-state index contributed by atoms with van der Waals surface area (Å²) in [6.07, 6.45) is 1.72. The maximum absolute atomic E-state index is 14.1. The maximum Gasteiger partial charge on any atom is 0.290 e. The number of ether oxygens (including phenoxy) is 3. The van der Waals surface area contributed by atoms with Crippen molar-refractivity contribution in [3.63, 3.8) is 0 Å². The van der Waals surface area contributed by atoms with Gasteiger partial charge >= 0.3 is 0 Å². The van der Waals surface area contributed by atoms with Gasteiger partial charge in [-0.05, 0) is 60.4 Å². The van der Waals surface area contributed by atoms with Crippen molar-refractivity contribution in [1.82, 2.24) is 15.1 Å². The van der Waals surface area contributed by atoms with Gasteiger partial charge in [-0.15, -0.1) is 0 Å². The van der Waals surface area contributed by atoms with E-state index in [9.17, 15) is 14.0 Å². The molecule has 10 heteroatoms. The summed E-state index contributed by atoms with van der Waals surface area (Å²) < 4.78 is 36.3. The first-order valence-corrected chi connectivity index (χ1v) is 14.0. The number of rotatable bonds is 11. The Kier molecular flexibility index (Phi) is 9.66. The summed E-state index contributed by atoms with van der Waals surface area (Å²) >= 11 is 0. The summed E-state index contributed by atoms with van der Waals surface area (Å²) in [5.74, 6) is 0.195. The minimum atomic E-state index is -1.04. The molecule has 2 saturated heterocycles. The molecule has 218 valence electrons. The number of nitrogens with zero attached hydrogens (tertiary/aromatic N) is 2. The monoisotopic (exact) mass is 565 g/mol. The first kappa shape index (κ1) is 28.8. The average Bonchev–Trinajstić information content (AvgIpc) is 3.70. The Morgan fingerprint density at radius 2 is 1.80 bits per heavy atom. The van der Waals surface area contributed by atoms with E-state index >= 15 is 0 Å². The van der Waals surface area contributed by atoms with Crippen molar-refractivity contribution in [1.29, 1.82) is 0 Å². The molecule has 2 aliphatic heterocycles. The van der Waals surface area contributed by atoms with Crippen molar-refractivity contribution in [3.05, 3.63) is 89.1 Å². The molecule has 1 aromatic heterocycles. The number of hydrogen-bond donors (Lipinski definition) is 1. The highest BCUT2D eigenvalue weighted by molar-refractivity contribution is 5.96. The standard InChI is InChI=1S/C31H36FN3O6/c1-38-25-10-4-22(5-11-25)20-35(31(37)28-13-12-27(41-28)21-34-14-17-39-18-15-34)29(23-6-8-24(32)9-7-23)30(36)33-19-26-3-2-16-40-26/h4-13,26,29H,2-3,14-21H2,1H3,(H,33,36)/t26-,29+/m1/s1. The second-order valence-electron chi connectivity index (χ2n) is 10.3. The Labute approximate surface area is 239 Å². The molecule has 5 rings (SSSR count). The first-order chi connectivity index (χ1) is 20.0. The average molecular weight is 566 g/mol. The molecular formula is C31H36FN3O6. The van der Waals surface area contributed by atoms with E-state index in [0.29, 0.717) is 50.0 Å². The van der Waals surface area contributed by atoms with Gasteiger partial charge in [-0.2, -0.15) is 0 Å². The van der Waals surface area contributed by atoms with E-state index in [1.807, 2.05) is 12.1 Å². The first-order valence-electron chi connectivity index (χ1n) is 14.0. The summed E-state index contributed by atoms with van der Waals surface area (Å²) in [6, 6.07) is 15.3. The van der Waals surface area contributed by atoms with Gasteiger partial charge in [0.2, 0.25) is 5.91 Å². The maximum atomic E-state index is 14.1. The molecule has 0 radical (unpaired) electrons. The fourth-order valence-electron chi connectivity index (χ4n) is 5.14. The highest BCUT2D eigenvalue weighted by Crippen LogP contribution is 2.28. The predicted molar refractivity (Wildman–Crippen MR) is 149 cm³/mol. The third-order valence-electron chi connectivity index (χ3n) is 7.40. The molecule has 41 heavy (non-hydrogen) atoms. The SMILES string of the molecule is COc1ccc(CN(C(=O)c2ccc(CN3CCOCC3)o2)[C@H](C(=O)NC[C@H]2CCCO2)c2ccc(F)cc2)cc1. The Morgan fingerprint density at radius 1 is 1.05 bits per heavy atom. The van der Waals surface area contributed by atoms with Crippen molar-refractivity contribution in [3.8, 4) is 5.75 Å². The fraction of sp³-hybridized carbons (Fsp3) is 0.419. The fourth-order valence-corrected chi connectivity index (χ4v) is 5.14. The highest BCUT2D eigenvalue weighted by Gasteiger charge is 2.34. The van der Waals surface area contributed by atoms with Crippen LogP contribution in [0, 0.1) is 5.82 Å². The lowest BCUT2D eigenvalue weighted by Crippen LogP contribution is -2.45. The zero-order valence-corrected chi connectivity index (χ0v) is 23.2.